The summed E-state index contributed by atoms with van der Waals surface area (Å²) in [6.45, 7) is 6.12. The van der Waals surface area contributed by atoms with Gasteiger partial charge in [-0.25, -0.2) is 14.4 Å². The Morgan fingerprint density at radius 3 is 2.60 bits per heavy atom. The number of H-pyrrole nitrogens is 1. The maximum atomic E-state index is 15.2. The number of aryl methyl sites for hydroxylation is 1. The number of nitrogens with zero attached hydrogens (tertiary/aromatic N) is 6. The van der Waals surface area contributed by atoms with E-state index >= 15 is 4.39 Å². The molecule has 2 amide bonds. The number of benzene rings is 1. The van der Waals surface area contributed by atoms with Crippen LogP contribution in [0.4, 0.5) is 15.9 Å². The highest BCUT2D eigenvalue weighted by atomic mass is 19.1. The Morgan fingerprint density at radius 2 is 1.95 bits per heavy atom. The van der Waals surface area contributed by atoms with Gasteiger partial charge < -0.3 is 36.3 Å². The zero-order chi connectivity index (χ0) is 29.9. The third-order valence-electron chi connectivity index (χ3n) is 8.17. The van der Waals surface area contributed by atoms with E-state index in [1.165, 1.54) is 43.4 Å². The topological polar surface area (TPSA) is 181 Å². The summed E-state index contributed by atoms with van der Waals surface area (Å²) in [6.07, 6.45) is 5.15. The lowest BCUT2D eigenvalue weighted by Gasteiger charge is -2.23. The van der Waals surface area contributed by atoms with Crippen LogP contribution >= 0.6 is 0 Å². The fourth-order valence-corrected chi connectivity index (χ4v) is 5.54. The first kappa shape index (κ1) is 27.7. The number of nitrogens with two attached hydrogens (primary N) is 2. The van der Waals surface area contributed by atoms with E-state index in [0.29, 0.717) is 52.4 Å². The van der Waals surface area contributed by atoms with Crippen molar-refractivity contribution in [2.45, 2.75) is 51.7 Å². The van der Waals surface area contributed by atoms with Crippen LogP contribution in [0, 0.1) is 18.2 Å². The van der Waals surface area contributed by atoms with Gasteiger partial charge >= 0.3 is 6.01 Å². The molecular weight excluding hydrogens is 543 g/mol. The molecule has 6 N–H and O–H groups in total. The molecule has 0 bridgehead atoms. The Morgan fingerprint density at radius 1 is 1.24 bits per heavy atom. The SMILES string of the molecule is Cc1ncc(Oc2nc(N3C[C@H](N)C4(CC4)C3)c3c(n2)[nH]c2c(N(C)C(=O)[C@H](C)NC(=O)[C@H](C)N)cc(F)cc23)cn1. The number of aromatic nitrogens is 5. The highest BCUT2D eigenvalue weighted by Gasteiger charge is 2.54. The van der Waals surface area contributed by atoms with Crippen molar-refractivity contribution in [1.29, 1.82) is 0 Å². The number of halogens is 1. The molecule has 42 heavy (non-hydrogen) atoms. The van der Waals surface area contributed by atoms with Gasteiger partial charge in [-0.05, 0) is 45.7 Å². The van der Waals surface area contributed by atoms with Crippen LogP contribution in [0.15, 0.2) is 24.5 Å². The number of anilines is 2. The van der Waals surface area contributed by atoms with E-state index in [0.717, 1.165) is 12.8 Å². The zero-order valence-electron chi connectivity index (χ0n) is 23.8. The summed E-state index contributed by atoms with van der Waals surface area (Å²) in [5.74, 6) is 0.0318. The number of rotatable bonds is 7. The van der Waals surface area contributed by atoms with Crippen LogP contribution in [-0.4, -0.2) is 75.0 Å². The Hall–Kier alpha value is -4.43. The van der Waals surface area contributed by atoms with Gasteiger partial charge in [0.15, 0.2) is 5.75 Å². The lowest BCUT2D eigenvalue weighted by Crippen LogP contribution is -2.50. The molecule has 2 fully saturated rings. The molecular formula is C28H33FN10O3. The Bertz CT molecular complexity index is 1700. The first-order valence-electron chi connectivity index (χ1n) is 13.8. The largest absolute Gasteiger partial charge is 0.421 e. The van der Waals surface area contributed by atoms with E-state index in [9.17, 15) is 9.59 Å². The molecule has 13 nitrogen and oxygen atoms in total. The van der Waals surface area contributed by atoms with Gasteiger partial charge in [-0.3, -0.25) is 9.59 Å². The fourth-order valence-electron chi connectivity index (χ4n) is 5.54. The number of carbonyl (C=O) groups is 2. The van der Waals surface area contributed by atoms with Gasteiger partial charge in [0.1, 0.15) is 29.1 Å². The standard InChI is InChI=1S/C28H33FN10O3/c1-13(30)25(40)34-14(2)26(41)38(4)19-8-16(29)7-18-21-23(35-22(18)19)36-27(42-17-9-32-15(3)33-10-17)37-24(21)39-11-20(31)28(12-39)5-6-28/h7-10,13-14,20H,5-6,11-12,30-31H2,1-4H3,(H,34,40)(H,35,36,37)/t13-,14-,20-/m0/s1. The monoisotopic (exact) mass is 576 g/mol. The molecule has 0 radical (unpaired) electrons. The first-order chi connectivity index (χ1) is 20.0. The van der Waals surface area contributed by atoms with Crippen LogP contribution in [0.25, 0.3) is 21.9 Å². The lowest BCUT2D eigenvalue weighted by molar-refractivity contribution is -0.127. The van der Waals surface area contributed by atoms with E-state index in [2.05, 4.69) is 30.2 Å². The predicted molar refractivity (Wildman–Crippen MR) is 155 cm³/mol. The number of fused-ring (bicyclic) bond motifs is 3. The van der Waals surface area contributed by atoms with Crippen LogP contribution in [0.1, 0.15) is 32.5 Å². The second kappa shape index (κ2) is 10.1. The highest BCUT2D eigenvalue weighted by molar-refractivity contribution is 6.16. The molecule has 1 spiro atoms. The molecule has 1 aliphatic carbocycles. The predicted octanol–water partition coefficient (Wildman–Crippen LogP) is 1.88. The van der Waals surface area contributed by atoms with E-state index in [1.54, 1.807) is 13.8 Å². The minimum atomic E-state index is -0.899. The quantitative estimate of drug-likeness (QED) is 0.254. The number of nitrogens with one attached hydrogen (secondary N) is 2. The first-order valence-corrected chi connectivity index (χ1v) is 13.8. The summed E-state index contributed by atoms with van der Waals surface area (Å²) in [5, 5.41) is 3.67. The van der Waals surface area contributed by atoms with Crippen molar-refractivity contribution in [2.24, 2.45) is 16.9 Å². The molecule has 1 saturated heterocycles. The third kappa shape index (κ3) is 4.86. The van der Waals surface area contributed by atoms with E-state index in [-0.39, 0.29) is 23.2 Å². The van der Waals surface area contributed by atoms with Gasteiger partial charge in [0, 0.05) is 37.0 Å². The Kier molecular flexibility index (Phi) is 6.69. The number of carbonyl (C=O) groups excluding carboxylic acids is 2. The second-order valence-corrected chi connectivity index (χ2v) is 11.4. The molecule has 3 aromatic heterocycles. The van der Waals surface area contributed by atoms with E-state index in [1.807, 2.05) is 0 Å². The molecule has 6 rings (SSSR count). The number of aromatic amines is 1. The van der Waals surface area contributed by atoms with Gasteiger partial charge in [-0.2, -0.15) is 9.97 Å². The Labute approximate surface area is 240 Å². The molecule has 0 unspecified atom stereocenters. The molecule has 220 valence electrons. The lowest BCUT2D eigenvalue weighted by atomic mass is 10.0. The number of hydrogen-bond donors (Lipinski definition) is 4. The molecule has 1 aromatic carbocycles. The number of likely N-dealkylation sites (N-methyl/N-ethyl adjacent to an activating group) is 1. The normalized spacial score (nSPS) is 18.8. The van der Waals surface area contributed by atoms with Crippen molar-refractivity contribution in [3.05, 3.63) is 36.2 Å². The third-order valence-corrected chi connectivity index (χ3v) is 8.17. The van der Waals surface area contributed by atoms with Crippen molar-refractivity contribution in [3.8, 4) is 11.8 Å². The molecule has 4 heterocycles. The van der Waals surface area contributed by atoms with Crippen molar-refractivity contribution in [2.75, 3.05) is 29.9 Å². The smallest absolute Gasteiger partial charge is 0.326 e. The average Bonchev–Trinajstić information content (AvgIpc) is 3.54. The summed E-state index contributed by atoms with van der Waals surface area (Å²) in [6, 6.07) is 1.00. The zero-order valence-corrected chi connectivity index (χ0v) is 23.8. The van der Waals surface area contributed by atoms with Crippen molar-refractivity contribution in [3.63, 3.8) is 0 Å². The van der Waals surface area contributed by atoms with E-state index < -0.39 is 29.7 Å². The summed E-state index contributed by atoms with van der Waals surface area (Å²) >= 11 is 0. The second-order valence-electron chi connectivity index (χ2n) is 11.4. The number of ether oxygens (including phenoxy) is 1. The van der Waals surface area contributed by atoms with Gasteiger partial charge in [-0.1, -0.05) is 0 Å². The Balaban J connectivity index is 1.46. The van der Waals surface area contributed by atoms with Crippen LogP contribution in [-0.2, 0) is 9.59 Å². The van der Waals surface area contributed by atoms with Crippen molar-refractivity contribution in [1.82, 2.24) is 30.2 Å². The molecule has 14 heteroatoms. The van der Waals surface area contributed by atoms with Crippen LogP contribution in [0.5, 0.6) is 11.8 Å². The molecule has 3 atom stereocenters. The van der Waals surface area contributed by atoms with Gasteiger partial charge in [0.25, 0.3) is 0 Å². The molecule has 1 aliphatic heterocycles. The minimum absolute atomic E-state index is 0.0217. The minimum Gasteiger partial charge on any atom is -0.421 e. The summed E-state index contributed by atoms with van der Waals surface area (Å²) in [5.41, 5.74) is 13.4. The summed E-state index contributed by atoms with van der Waals surface area (Å²) in [4.78, 5) is 49.8. The molecule has 1 saturated carbocycles. The van der Waals surface area contributed by atoms with E-state index in [4.69, 9.17) is 21.2 Å². The van der Waals surface area contributed by atoms with Crippen molar-refractivity contribution >= 4 is 45.3 Å². The highest BCUT2D eigenvalue weighted by Crippen LogP contribution is 2.53. The fraction of sp³-hybridized carbons (Fsp3) is 0.429. The van der Waals surface area contributed by atoms with Crippen LogP contribution < -0.4 is 31.3 Å². The number of amides is 2. The maximum Gasteiger partial charge on any atom is 0.326 e. The van der Waals surface area contributed by atoms with Gasteiger partial charge in [0.2, 0.25) is 11.8 Å². The van der Waals surface area contributed by atoms with Crippen molar-refractivity contribution < 1.29 is 18.7 Å². The van der Waals surface area contributed by atoms with Crippen LogP contribution in [0.3, 0.4) is 0 Å². The average molecular weight is 577 g/mol. The maximum absolute atomic E-state index is 15.2. The summed E-state index contributed by atoms with van der Waals surface area (Å²) < 4.78 is 21.1. The van der Waals surface area contributed by atoms with Gasteiger partial charge in [-0.15, -0.1) is 0 Å². The van der Waals surface area contributed by atoms with Crippen LogP contribution in [0.2, 0.25) is 0 Å². The number of hydrogen-bond acceptors (Lipinski definition) is 10. The molecule has 2 aliphatic rings. The molecule has 4 aromatic rings. The van der Waals surface area contributed by atoms with Gasteiger partial charge in [0.05, 0.1) is 35.0 Å². The summed E-state index contributed by atoms with van der Waals surface area (Å²) in [7, 11) is 1.52.